The SMILES string of the molecule is Nc1cc(C=CCO)ccc1C(=O)O. The lowest BCUT2D eigenvalue weighted by Gasteiger charge is -2.01. The van der Waals surface area contributed by atoms with E-state index >= 15 is 0 Å². The third-order valence-electron chi connectivity index (χ3n) is 1.72. The Bertz CT molecular complexity index is 372. The van der Waals surface area contributed by atoms with Crippen LogP contribution in [0.4, 0.5) is 5.69 Å². The highest BCUT2D eigenvalue weighted by molar-refractivity contribution is 5.94. The van der Waals surface area contributed by atoms with Crippen molar-refractivity contribution in [3.63, 3.8) is 0 Å². The van der Waals surface area contributed by atoms with Crippen LogP contribution in [0.3, 0.4) is 0 Å². The second-order valence-corrected chi connectivity index (χ2v) is 2.74. The van der Waals surface area contributed by atoms with Crippen LogP contribution in [0.15, 0.2) is 24.3 Å². The highest BCUT2D eigenvalue weighted by atomic mass is 16.4. The molecular formula is C10H11NO3. The molecule has 74 valence electrons. The van der Waals surface area contributed by atoms with Crippen molar-refractivity contribution in [3.05, 3.63) is 35.4 Å². The molecule has 0 heterocycles. The van der Waals surface area contributed by atoms with Crippen molar-refractivity contribution in [1.29, 1.82) is 0 Å². The van der Waals surface area contributed by atoms with E-state index in [0.717, 1.165) is 5.56 Å². The number of nitrogens with two attached hydrogens (primary N) is 1. The van der Waals surface area contributed by atoms with Crippen LogP contribution in [0.2, 0.25) is 0 Å². The fourth-order valence-electron chi connectivity index (χ4n) is 1.07. The molecule has 14 heavy (non-hydrogen) atoms. The van der Waals surface area contributed by atoms with Crippen molar-refractivity contribution in [1.82, 2.24) is 0 Å². The van der Waals surface area contributed by atoms with Crippen LogP contribution in [0.25, 0.3) is 6.08 Å². The molecule has 0 bridgehead atoms. The van der Waals surface area contributed by atoms with E-state index in [0.29, 0.717) is 0 Å². The fourth-order valence-corrected chi connectivity index (χ4v) is 1.07. The van der Waals surface area contributed by atoms with Gasteiger partial charge >= 0.3 is 5.97 Å². The molecule has 0 fully saturated rings. The van der Waals surface area contributed by atoms with E-state index in [-0.39, 0.29) is 17.9 Å². The van der Waals surface area contributed by atoms with E-state index in [1.54, 1.807) is 24.3 Å². The maximum Gasteiger partial charge on any atom is 0.337 e. The molecule has 1 rings (SSSR count). The Hall–Kier alpha value is -1.81. The van der Waals surface area contributed by atoms with Gasteiger partial charge in [-0.2, -0.15) is 0 Å². The first-order valence-electron chi connectivity index (χ1n) is 4.05. The summed E-state index contributed by atoms with van der Waals surface area (Å²) >= 11 is 0. The standard InChI is InChI=1S/C10H11NO3/c11-9-6-7(2-1-5-12)3-4-8(9)10(13)14/h1-4,6,12H,5,11H2,(H,13,14). The Morgan fingerprint density at radius 2 is 2.21 bits per heavy atom. The molecule has 0 atom stereocenters. The van der Waals surface area contributed by atoms with Gasteiger partial charge in [0.15, 0.2) is 0 Å². The summed E-state index contributed by atoms with van der Waals surface area (Å²) < 4.78 is 0. The van der Waals surface area contributed by atoms with Crippen molar-refractivity contribution in [2.45, 2.75) is 0 Å². The highest BCUT2D eigenvalue weighted by Crippen LogP contribution is 2.15. The number of aliphatic hydroxyl groups is 1. The number of hydrogen-bond acceptors (Lipinski definition) is 3. The zero-order chi connectivity index (χ0) is 10.6. The molecule has 0 unspecified atom stereocenters. The molecule has 0 spiro atoms. The number of aliphatic hydroxyl groups excluding tert-OH is 1. The Morgan fingerprint density at radius 3 is 2.71 bits per heavy atom. The van der Waals surface area contributed by atoms with Crippen LogP contribution in [0.1, 0.15) is 15.9 Å². The molecule has 4 heteroatoms. The predicted octanol–water partition coefficient (Wildman–Crippen LogP) is 0.973. The van der Waals surface area contributed by atoms with Gasteiger partial charge in [-0.1, -0.05) is 18.2 Å². The van der Waals surface area contributed by atoms with E-state index in [1.807, 2.05) is 0 Å². The van der Waals surface area contributed by atoms with Crippen molar-refractivity contribution < 1.29 is 15.0 Å². The molecule has 0 saturated carbocycles. The van der Waals surface area contributed by atoms with Crippen molar-refractivity contribution >= 4 is 17.7 Å². The van der Waals surface area contributed by atoms with Crippen LogP contribution in [0, 0.1) is 0 Å². The average molecular weight is 193 g/mol. The van der Waals surface area contributed by atoms with Gasteiger partial charge in [0.25, 0.3) is 0 Å². The number of benzene rings is 1. The number of hydrogen-bond donors (Lipinski definition) is 3. The van der Waals surface area contributed by atoms with Gasteiger partial charge < -0.3 is 15.9 Å². The van der Waals surface area contributed by atoms with Crippen LogP contribution >= 0.6 is 0 Å². The van der Waals surface area contributed by atoms with Gasteiger partial charge in [0.1, 0.15) is 0 Å². The smallest absolute Gasteiger partial charge is 0.337 e. The summed E-state index contributed by atoms with van der Waals surface area (Å²) in [5.41, 5.74) is 6.59. The summed E-state index contributed by atoms with van der Waals surface area (Å²) in [6.07, 6.45) is 3.22. The van der Waals surface area contributed by atoms with Crippen LogP contribution in [0.5, 0.6) is 0 Å². The molecule has 0 amide bonds. The van der Waals surface area contributed by atoms with E-state index in [1.165, 1.54) is 6.07 Å². The third kappa shape index (κ3) is 2.34. The number of carboxylic acids is 1. The minimum atomic E-state index is -1.04. The minimum Gasteiger partial charge on any atom is -0.478 e. The quantitative estimate of drug-likeness (QED) is 0.624. The van der Waals surface area contributed by atoms with Crippen LogP contribution in [-0.4, -0.2) is 22.8 Å². The molecule has 4 N–H and O–H groups in total. The Kier molecular flexibility index (Phi) is 3.25. The molecule has 0 aliphatic rings. The molecular weight excluding hydrogens is 182 g/mol. The molecule has 1 aromatic rings. The molecule has 0 aliphatic heterocycles. The van der Waals surface area contributed by atoms with Gasteiger partial charge in [-0.3, -0.25) is 0 Å². The van der Waals surface area contributed by atoms with Gasteiger partial charge in [0, 0.05) is 5.69 Å². The van der Waals surface area contributed by atoms with Gasteiger partial charge in [-0.05, 0) is 17.7 Å². The summed E-state index contributed by atoms with van der Waals surface area (Å²) in [5, 5.41) is 17.2. The lowest BCUT2D eigenvalue weighted by atomic mass is 10.1. The van der Waals surface area contributed by atoms with Crippen LogP contribution < -0.4 is 5.73 Å². The fraction of sp³-hybridized carbons (Fsp3) is 0.100. The summed E-state index contributed by atoms with van der Waals surface area (Å²) in [5.74, 6) is -1.04. The highest BCUT2D eigenvalue weighted by Gasteiger charge is 2.06. The van der Waals surface area contributed by atoms with Crippen molar-refractivity contribution in [2.75, 3.05) is 12.3 Å². The Morgan fingerprint density at radius 1 is 1.50 bits per heavy atom. The molecule has 1 aromatic carbocycles. The number of carbonyl (C=O) groups is 1. The number of aromatic carboxylic acids is 1. The molecule has 0 aliphatic carbocycles. The lowest BCUT2D eigenvalue weighted by Crippen LogP contribution is -2.01. The normalized spacial score (nSPS) is 10.6. The molecule has 4 nitrogen and oxygen atoms in total. The largest absolute Gasteiger partial charge is 0.478 e. The first-order chi connectivity index (χ1) is 6.65. The van der Waals surface area contributed by atoms with Gasteiger partial charge in [-0.15, -0.1) is 0 Å². The summed E-state index contributed by atoms with van der Waals surface area (Å²) in [6, 6.07) is 4.62. The molecule has 0 aromatic heterocycles. The summed E-state index contributed by atoms with van der Waals surface area (Å²) in [4.78, 5) is 10.6. The monoisotopic (exact) mass is 193 g/mol. The maximum atomic E-state index is 10.6. The minimum absolute atomic E-state index is 0.0550. The first-order valence-corrected chi connectivity index (χ1v) is 4.05. The Balaban J connectivity index is 3.00. The van der Waals surface area contributed by atoms with Crippen molar-refractivity contribution in [3.8, 4) is 0 Å². The molecule has 0 radical (unpaired) electrons. The van der Waals surface area contributed by atoms with Crippen LogP contribution in [-0.2, 0) is 0 Å². The second-order valence-electron chi connectivity index (χ2n) is 2.74. The zero-order valence-electron chi connectivity index (χ0n) is 7.47. The zero-order valence-corrected chi connectivity index (χ0v) is 7.47. The maximum absolute atomic E-state index is 10.6. The average Bonchev–Trinajstić information content (AvgIpc) is 2.14. The first kappa shape index (κ1) is 10.3. The second kappa shape index (κ2) is 4.43. The van der Waals surface area contributed by atoms with E-state index in [4.69, 9.17) is 15.9 Å². The number of carboxylic acid groups (broad SMARTS) is 1. The number of anilines is 1. The summed E-state index contributed by atoms with van der Waals surface area (Å²) in [6.45, 7) is -0.0550. The topological polar surface area (TPSA) is 83.5 Å². The van der Waals surface area contributed by atoms with E-state index < -0.39 is 5.97 Å². The van der Waals surface area contributed by atoms with E-state index in [2.05, 4.69) is 0 Å². The number of nitrogen functional groups attached to an aromatic ring is 1. The van der Waals surface area contributed by atoms with Gasteiger partial charge in [-0.25, -0.2) is 4.79 Å². The third-order valence-corrected chi connectivity index (χ3v) is 1.72. The Labute approximate surface area is 81.3 Å². The van der Waals surface area contributed by atoms with Gasteiger partial charge in [0.05, 0.1) is 12.2 Å². The van der Waals surface area contributed by atoms with Crippen molar-refractivity contribution in [2.24, 2.45) is 0 Å². The number of rotatable bonds is 3. The predicted molar refractivity (Wildman–Crippen MR) is 53.9 cm³/mol. The van der Waals surface area contributed by atoms with Gasteiger partial charge in [0.2, 0.25) is 0 Å². The van der Waals surface area contributed by atoms with E-state index in [9.17, 15) is 4.79 Å². The molecule has 0 saturated heterocycles. The lowest BCUT2D eigenvalue weighted by molar-refractivity contribution is 0.0698. The summed E-state index contributed by atoms with van der Waals surface area (Å²) in [7, 11) is 0.